The lowest BCUT2D eigenvalue weighted by molar-refractivity contribution is 0.595. The van der Waals surface area contributed by atoms with Gasteiger partial charge in [0.2, 0.25) is 0 Å². The molecule has 20 heavy (non-hydrogen) atoms. The number of halogens is 3. The Morgan fingerprint density at radius 2 is 1.55 bits per heavy atom. The summed E-state index contributed by atoms with van der Waals surface area (Å²) in [4.78, 5) is 0.0259. The maximum Gasteiger partial charge on any atom is 0.184 e. The van der Waals surface area contributed by atoms with Gasteiger partial charge >= 0.3 is 0 Å². The van der Waals surface area contributed by atoms with Crippen molar-refractivity contribution in [2.45, 2.75) is 10.6 Å². The highest BCUT2D eigenvalue weighted by atomic mass is 35.5. The highest BCUT2D eigenvalue weighted by molar-refractivity contribution is 7.90. The number of nitrogens with two attached hydrogens (primary N) is 1. The third-order valence-electron chi connectivity index (χ3n) is 2.66. The second kappa shape index (κ2) is 5.82. The van der Waals surface area contributed by atoms with E-state index in [4.69, 9.17) is 40.5 Å². The fraction of sp³-hybridized carbons (Fsp3) is 0.0769. The van der Waals surface area contributed by atoms with Gasteiger partial charge in [0.25, 0.3) is 0 Å². The summed E-state index contributed by atoms with van der Waals surface area (Å²) in [5.74, 6) is -0.280. The summed E-state index contributed by atoms with van der Waals surface area (Å²) < 4.78 is 24.7. The van der Waals surface area contributed by atoms with Crippen LogP contribution in [0.15, 0.2) is 41.3 Å². The molecule has 0 fully saturated rings. The summed E-state index contributed by atoms with van der Waals surface area (Å²) >= 11 is 17.6. The minimum absolute atomic E-state index is 0.0259. The fourth-order valence-electron chi connectivity index (χ4n) is 1.74. The lowest BCUT2D eigenvalue weighted by atomic mass is 10.2. The van der Waals surface area contributed by atoms with Crippen molar-refractivity contribution < 1.29 is 8.42 Å². The van der Waals surface area contributed by atoms with E-state index in [1.54, 1.807) is 12.1 Å². The van der Waals surface area contributed by atoms with Crippen LogP contribution in [-0.2, 0) is 15.6 Å². The van der Waals surface area contributed by atoms with Crippen LogP contribution in [0.5, 0.6) is 0 Å². The van der Waals surface area contributed by atoms with Crippen molar-refractivity contribution >= 4 is 50.3 Å². The summed E-state index contributed by atoms with van der Waals surface area (Å²) in [6, 6.07) is 8.92. The Kier molecular flexibility index (Phi) is 4.49. The first-order chi connectivity index (χ1) is 9.29. The SMILES string of the molecule is Nc1cc(Cl)ccc1S(=O)(=O)Cc1cc(Cl)ccc1Cl. The molecule has 0 bridgehead atoms. The Balaban J connectivity index is 2.43. The molecular weight excluding hydrogens is 341 g/mol. The van der Waals surface area contributed by atoms with Gasteiger partial charge in [0.15, 0.2) is 9.84 Å². The average molecular weight is 351 g/mol. The topological polar surface area (TPSA) is 60.2 Å². The standard InChI is InChI=1S/C13H10Cl3NO2S/c14-9-1-3-11(16)8(5-9)7-20(18,19)13-4-2-10(15)6-12(13)17/h1-6H,7,17H2. The Bertz CT molecular complexity index is 760. The lowest BCUT2D eigenvalue weighted by Gasteiger charge is -2.09. The number of rotatable bonds is 3. The molecule has 0 radical (unpaired) electrons. The van der Waals surface area contributed by atoms with Gasteiger partial charge in [-0.25, -0.2) is 8.42 Å². The second-order valence-electron chi connectivity index (χ2n) is 4.18. The van der Waals surface area contributed by atoms with Gasteiger partial charge < -0.3 is 5.73 Å². The van der Waals surface area contributed by atoms with Crippen LogP contribution in [0.2, 0.25) is 15.1 Å². The molecule has 0 amide bonds. The number of sulfone groups is 1. The first kappa shape index (κ1) is 15.4. The minimum atomic E-state index is -3.63. The lowest BCUT2D eigenvalue weighted by Crippen LogP contribution is -2.08. The largest absolute Gasteiger partial charge is 0.398 e. The van der Waals surface area contributed by atoms with Crippen LogP contribution < -0.4 is 5.73 Å². The molecule has 2 aromatic carbocycles. The van der Waals surface area contributed by atoms with Crippen molar-refractivity contribution in [3.05, 3.63) is 57.0 Å². The van der Waals surface area contributed by atoms with Gasteiger partial charge in [-0.15, -0.1) is 0 Å². The number of nitrogen functional groups attached to an aromatic ring is 1. The average Bonchev–Trinajstić information content (AvgIpc) is 2.33. The van der Waals surface area contributed by atoms with E-state index in [0.29, 0.717) is 20.6 Å². The normalized spacial score (nSPS) is 11.6. The molecule has 0 spiro atoms. The van der Waals surface area contributed by atoms with Crippen molar-refractivity contribution in [1.29, 1.82) is 0 Å². The quantitative estimate of drug-likeness (QED) is 0.844. The zero-order valence-electron chi connectivity index (χ0n) is 10.1. The second-order valence-corrected chi connectivity index (χ2v) is 7.42. The third-order valence-corrected chi connectivity index (χ3v) is 5.23. The van der Waals surface area contributed by atoms with Crippen LogP contribution in [0.3, 0.4) is 0 Å². The van der Waals surface area contributed by atoms with Gasteiger partial charge in [-0.05, 0) is 42.0 Å². The van der Waals surface area contributed by atoms with Crippen LogP contribution in [0.4, 0.5) is 5.69 Å². The molecule has 0 heterocycles. The molecule has 2 aromatic rings. The van der Waals surface area contributed by atoms with Crippen molar-refractivity contribution in [3.8, 4) is 0 Å². The molecule has 0 aromatic heterocycles. The Morgan fingerprint density at radius 1 is 0.950 bits per heavy atom. The molecule has 0 aliphatic heterocycles. The molecule has 2 rings (SSSR count). The maximum atomic E-state index is 12.4. The van der Waals surface area contributed by atoms with Gasteiger partial charge in [-0.3, -0.25) is 0 Å². The van der Waals surface area contributed by atoms with E-state index in [1.807, 2.05) is 0 Å². The number of hydrogen-bond donors (Lipinski definition) is 1. The molecule has 3 nitrogen and oxygen atoms in total. The predicted molar refractivity (Wildman–Crippen MR) is 83.2 cm³/mol. The van der Waals surface area contributed by atoms with Gasteiger partial charge in [-0.2, -0.15) is 0 Å². The third kappa shape index (κ3) is 3.38. The molecule has 2 N–H and O–H groups in total. The van der Waals surface area contributed by atoms with Crippen molar-refractivity contribution in [1.82, 2.24) is 0 Å². The van der Waals surface area contributed by atoms with Crippen molar-refractivity contribution in [2.24, 2.45) is 0 Å². The van der Waals surface area contributed by atoms with Crippen LogP contribution in [0, 0.1) is 0 Å². The summed E-state index contributed by atoms with van der Waals surface area (Å²) in [6.45, 7) is 0. The van der Waals surface area contributed by atoms with E-state index >= 15 is 0 Å². The Morgan fingerprint density at radius 3 is 2.20 bits per heavy atom. The van der Waals surface area contributed by atoms with Gasteiger partial charge in [0, 0.05) is 15.1 Å². The molecule has 0 saturated carbocycles. The molecule has 0 saturated heterocycles. The first-order valence-electron chi connectivity index (χ1n) is 5.51. The number of anilines is 1. The fourth-order valence-corrected chi connectivity index (χ4v) is 3.87. The summed E-state index contributed by atoms with van der Waals surface area (Å²) in [7, 11) is -3.63. The van der Waals surface area contributed by atoms with Crippen LogP contribution in [0.1, 0.15) is 5.56 Å². The van der Waals surface area contributed by atoms with E-state index in [9.17, 15) is 8.42 Å². The van der Waals surface area contributed by atoms with E-state index < -0.39 is 9.84 Å². The molecule has 0 aliphatic rings. The molecule has 0 atom stereocenters. The van der Waals surface area contributed by atoms with Crippen LogP contribution in [0.25, 0.3) is 0 Å². The summed E-state index contributed by atoms with van der Waals surface area (Å²) in [5, 5.41) is 1.14. The summed E-state index contributed by atoms with van der Waals surface area (Å²) in [6.07, 6.45) is 0. The highest BCUT2D eigenvalue weighted by Crippen LogP contribution is 2.28. The van der Waals surface area contributed by atoms with E-state index in [0.717, 1.165) is 0 Å². The zero-order valence-corrected chi connectivity index (χ0v) is 13.2. The zero-order chi connectivity index (χ0) is 14.9. The molecule has 7 heteroatoms. The minimum Gasteiger partial charge on any atom is -0.398 e. The Labute approximate surface area is 132 Å². The van der Waals surface area contributed by atoms with Crippen LogP contribution in [-0.4, -0.2) is 8.42 Å². The van der Waals surface area contributed by atoms with Gasteiger partial charge in [-0.1, -0.05) is 34.8 Å². The van der Waals surface area contributed by atoms with Crippen LogP contribution >= 0.6 is 34.8 Å². The Hall–Kier alpha value is -0.940. The van der Waals surface area contributed by atoms with Crippen molar-refractivity contribution in [2.75, 3.05) is 5.73 Å². The predicted octanol–water partition coefficient (Wildman–Crippen LogP) is 4.20. The smallest absolute Gasteiger partial charge is 0.184 e. The molecule has 0 aliphatic carbocycles. The van der Waals surface area contributed by atoms with E-state index in [-0.39, 0.29) is 16.3 Å². The summed E-state index contributed by atoms with van der Waals surface area (Å²) in [5.41, 5.74) is 6.24. The number of benzene rings is 2. The van der Waals surface area contributed by atoms with E-state index in [1.165, 1.54) is 24.3 Å². The van der Waals surface area contributed by atoms with Crippen molar-refractivity contribution in [3.63, 3.8) is 0 Å². The molecule has 0 unspecified atom stereocenters. The molecular formula is C13H10Cl3NO2S. The molecule has 106 valence electrons. The number of hydrogen-bond acceptors (Lipinski definition) is 3. The highest BCUT2D eigenvalue weighted by Gasteiger charge is 2.20. The monoisotopic (exact) mass is 349 g/mol. The first-order valence-corrected chi connectivity index (χ1v) is 8.30. The van der Waals surface area contributed by atoms with Gasteiger partial charge in [0.05, 0.1) is 16.3 Å². The van der Waals surface area contributed by atoms with Gasteiger partial charge in [0.1, 0.15) is 0 Å². The van der Waals surface area contributed by atoms with E-state index in [2.05, 4.69) is 0 Å². The maximum absolute atomic E-state index is 12.4.